The lowest BCUT2D eigenvalue weighted by atomic mass is 9.86. The molecule has 0 atom stereocenters. The maximum atomic E-state index is 12.8. The number of aromatic carboxylic acids is 1. The number of rotatable bonds is 1. The Bertz CT molecular complexity index is 1050. The van der Waals surface area contributed by atoms with Crippen LogP contribution in [0.3, 0.4) is 0 Å². The van der Waals surface area contributed by atoms with E-state index >= 15 is 0 Å². The molecule has 0 spiro atoms. The maximum Gasteiger partial charge on any atom is 0.335 e. The van der Waals surface area contributed by atoms with E-state index in [9.17, 15) is 14.4 Å². The second kappa shape index (κ2) is 4.30. The van der Waals surface area contributed by atoms with Crippen LogP contribution < -0.4 is 5.73 Å². The number of aromatic nitrogens is 1. The first-order valence-corrected chi connectivity index (χ1v) is 6.86. The summed E-state index contributed by atoms with van der Waals surface area (Å²) in [6.45, 7) is 0. The topological polar surface area (TPSA) is 113 Å². The first-order chi connectivity index (χ1) is 11.0. The van der Waals surface area contributed by atoms with Crippen molar-refractivity contribution in [3.05, 3.63) is 64.3 Å². The predicted octanol–water partition coefficient (Wildman–Crippen LogP) is 2.22. The molecular weight excluding hydrogens is 296 g/mol. The van der Waals surface area contributed by atoms with Gasteiger partial charge in [-0.05, 0) is 12.1 Å². The van der Waals surface area contributed by atoms with Crippen LogP contribution in [0.1, 0.15) is 42.3 Å². The van der Waals surface area contributed by atoms with Gasteiger partial charge in [-0.1, -0.05) is 24.3 Å². The van der Waals surface area contributed by atoms with Gasteiger partial charge in [-0.25, -0.2) is 4.79 Å². The molecule has 0 unspecified atom stereocenters. The molecule has 0 aliphatic heterocycles. The summed E-state index contributed by atoms with van der Waals surface area (Å²) in [5.74, 6) is -1.73. The highest BCUT2D eigenvalue weighted by Crippen LogP contribution is 2.35. The van der Waals surface area contributed by atoms with E-state index in [4.69, 9.17) is 10.8 Å². The minimum absolute atomic E-state index is 0.00832. The summed E-state index contributed by atoms with van der Waals surface area (Å²) in [5.41, 5.74) is 7.46. The van der Waals surface area contributed by atoms with Crippen LogP contribution in [0.4, 0.5) is 5.69 Å². The van der Waals surface area contributed by atoms with E-state index < -0.39 is 5.97 Å². The number of carboxylic acid groups (broad SMARTS) is 1. The first-order valence-electron chi connectivity index (χ1n) is 6.86. The quantitative estimate of drug-likeness (QED) is 0.467. The zero-order valence-corrected chi connectivity index (χ0v) is 11.7. The number of anilines is 1. The van der Waals surface area contributed by atoms with Gasteiger partial charge in [0.05, 0.1) is 16.8 Å². The molecule has 6 heteroatoms. The summed E-state index contributed by atoms with van der Waals surface area (Å²) >= 11 is 0. The third-order valence-corrected chi connectivity index (χ3v) is 4.05. The van der Waals surface area contributed by atoms with Gasteiger partial charge in [-0.15, -0.1) is 0 Å². The van der Waals surface area contributed by atoms with E-state index in [0.29, 0.717) is 22.0 Å². The number of aromatic amines is 1. The van der Waals surface area contributed by atoms with Crippen molar-refractivity contribution in [1.82, 2.24) is 4.98 Å². The van der Waals surface area contributed by atoms with Crippen molar-refractivity contribution in [1.29, 1.82) is 0 Å². The number of nitrogens with one attached hydrogen (secondary N) is 1. The minimum Gasteiger partial charge on any atom is -0.478 e. The molecule has 6 nitrogen and oxygen atoms in total. The number of hydrogen-bond donors (Lipinski definition) is 3. The van der Waals surface area contributed by atoms with Crippen molar-refractivity contribution >= 4 is 34.1 Å². The number of benzene rings is 2. The molecule has 0 radical (unpaired) electrons. The zero-order chi connectivity index (χ0) is 16.3. The van der Waals surface area contributed by atoms with Crippen LogP contribution in [0, 0.1) is 0 Å². The number of carboxylic acids is 1. The van der Waals surface area contributed by atoms with Gasteiger partial charge >= 0.3 is 5.97 Å². The van der Waals surface area contributed by atoms with Gasteiger partial charge in [0.25, 0.3) is 0 Å². The maximum absolute atomic E-state index is 12.8. The smallest absolute Gasteiger partial charge is 0.335 e. The van der Waals surface area contributed by atoms with E-state index in [1.54, 1.807) is 24.3 Å². The summed E-state index contributed by atoms with van der Waals surface area (Å²) in [6, 6.07) is 9.23. The monoisotopic (exact) mass is 306 g/mol. The van der Waals surface area contributed by atoms with Gasteiger partial charge in [-0.2, -0.15) is 0 Å². The molecule has 0 bridgehead atoms. The fourth-order valence-corrected chi connectivity index (χ4v) is 3.03. The predicted molar refractivity (Wildman–Crippen MR) is 83.0 cm³/mol. The van der Waals surface area contributed by atoms with E-state index in [-0.39, 0.29) is 34.1 Å². The summed E-state index contributed by atoms with van der Waals surface area (Å²) in [4.78, 5) is 39.4. The lowest BCUT2D eigenvalue weighted by molar-refractivity contribution is 0.0696. The molecule has 0 fully saturated rings. The molecule has 0 amide bonds. The van der Waals surface area contributed by atoms with Gasteiger partial charge in [-0.3, -0.25) is 9.59 Å². The number of carbonyl (C=O) groups excluding carboxylic acids is 2. The highest BCUT2D eigenvalue weighted by Gasteiger charge is 2.33. The molecule has 4 rings (SSSR count). The summed E-state index contributed by atoms with van der Waals surface area (Å²) in [5, 5.41) is 9.50. The number of fused-ring (bicyclic) bond motifs is 4. The van der Waals surface area contributed by atoms with Crippen LogP contribution in [0.5, 0.6) is 0 Å². The van der Waals surface area contributed by atoms with Gasteiger partial charge in [0.2, 0.25) is 5.78 Å². The molecule has 0 saturated carbocycles. The fraction of sp³-hybridized carbons (Fsp3) is 0. The number of carbonyl (C=O) groups is 3. The Kier molecular flexibility index (Phi) is 2.48. The Balaban J connectivity index is 2.09. The first kappa shape index (κ1) is 13.3. The van der Waals surface area contributed by atoms with Crippen LogP contribution in [0.15, 0.2) is 36.4 Å². The molecule has 2 aromatic carbocycles. The number of nitrogen functional groups attached to an aromatic ring is 1. The van der Waals surface area contributed by atoms with Gasteiger partial charge in [0.1, 0.15) is 0 Å². The Morgan fingerprint density at radius 1 is 1.04 bits per heavy atom. The second-order valence-electron chi connectivity index (χ2n) is 5.37. The van der Waals surface area contributed by atoms with Crippen molar-refractivity contribution in [3.63, 3.8) is 0 Å². The van der Waals surface area contributed by atoms with Crippen molar-refractivity contribution in [2.75, 3.05) is 5.73 Å². The summed E-state index contributed by atoms with van der Waals surface area (Å²) < 4.78 is 0. The molecule has 1 aromatic heterocycles. The molecule has 1 heterocycles. The Morgan fingerprint density at radius 3 is 2.35 bits per heavy atom. The normalized spacial score (nSPS) is 13.0. The van der Waals surface area contributed by atoms with Crippen molar-refractivity contribution in [3.8, 4) is 0 Å². The lowest BCUT2D eigenvalue weighted by Crippen LogP contribution is -2.20. The molecule has 23 heavy (non-hydrogen) atoms. The van der Waals surface area contributed by atoms with E-state index in [0.717, 1.165) is 0 Å². The summed E-state index contributed by atoms with van der Waals surface area (Å²) in [6.07, 6.45) is 0. The number of H-pyrrole nitrogens is 1. The summed E-state index contributed by atoms with van der Waals surface area (Å²) in [7, 11) is 0. The zero-order valence-electron chi connectivity index (χ0n) is 11.7. The third-order valence-electron chi connectivity index (χ3n) is 4.05. The number of ketones is 2. The number of hydrogen-bond acceptors (Lipinski definition) is 4. The van der Waals surface area contributed by atoms with Crippen molar-refractivity contribution in [2.24, 2.45) is 0 Å². The van der Waals surface area contributed by atoms with Gasteiger partial charge < -0.3 is 15.8 Å². The molecule has 0 saturated heterocycles. The van der Waals surface area contributed by atoms with Gasteiger partial charge in [0.15, 0.2) is 5.78 Å². The van der Waals surface area contributed by atoms with E-state index in [2.05, 4.69) is 4.98 Å². The molecule has 4 N–H and O–H groups in total. The molecule has 1 aliphatic carbocycles. The SMILES string of the molecule is Nc1cc(C(=O)O)cc2[nH]c3c(c12)C(=O)c1ccccc1C3=O. The van der Waals surface area contributed by atoms with Crippen LogP contribution in [-0.4, -0.2) is 27.6 Å². The molecule has 112 valence electrons. The average molecular weight is 306 g/mol. The van der Waals surface area contributed by atoms with Crippen LogP contribution in [0.25, 0.3) is 10.9 Å². The van der Waals surface area contributed by atoms with E-state index in [1.165, 1.54) is 12.1 Å². The lowest BCUT2D eigenvalue weighted by Gasteiger charge is -2.14. The number of nitrogens with two attached hydrogens (primary N) is 1. The van der Waals surface area contributed by atoms with Crippen LogP contribution >= 0.6 is 0 Å². The van der Waals surface area contributed by atoms with Crippen molar-refractivity contribution in [2.45, 2.75) is 0 Å². The Morgan fingerprint density at radius 2 is 1.70 bits per heavy atom. The minimum atomic E-state index is -1.13. The molecule has 3 aromatic rings. The van der Waals surface area contributed by atoms with E-state index in [1.807, 2.05) is 0 Å². The standard InChI is InChI=1S/C17H10N2O4/c18-10-5-7(17(22)23)6-11-12(10)13-14(19-11)16(21)9-4-2-1-3-8(9)15(13)20/h1-6,19H,18H2,(H,22,23). The molecule has 1 aliphatic rings. The average Bonchev–Trinajstić information content (AvgIpc) is 2.93. The van der Waals surface area contributed by atoms with Crippen molar-refractivity contribution < 1.29 is 19.5 Å². The van der Waals surface area contributed by atoms with Crippen LogP contribution in [-0.2, 0) is 0 Å². The second-order valence-corrected chi connectivity index (χ2v) is 5.37. The molecular formula is C17H10N2O4. The highest BCUT2D eigenvalue weighted by molar-refractivity contribution is 6.33. The fourth-order valence-electron chi connectivity index (χ4n) is 3.03. The Hall–Kier alpha value is -3.41. The van der Waals surface area contributed by atoms with Crippen LogP contribution in [0.2, 0.25) is 0 Å². The highest BCUT2D eigenvalue weighted by atomic mass is 16.4. The third kappa shape index (κ3) is 1.66. The Labute approximate surface area is 129 Å². The largest absolute Gasteiger partial charge is 0.478 e. The van der Waals surface area contributed by atoms with Gasteiger partial charge in [0, 0.05) is 27.7 Å².